The maximum Gasteiger partial charge on any atom is 0.264 e. The van der Waals surface area contributed by atoms with Crippen LogP contribution in [0.5, 0.6) is 0 Å². The molecule has 3 aromatic rings. The topological polar surface area (TPSA) is 136 Å². The van der Waals surface area contributed by atoms with Gasteiger partial charge >= 0.3 is 0 Å². The van der Waals surface area contributed by atoms with Gasteiger partial charge in [-0.15, -0.1) is 0 Å². The SMILES string of the molecule is O=C(Cn1cnccc1=O)Nc1ccc(S(=O)(=O)Nc2ncccn2)cc1. The summed E-state index contributed by atoms with van der Waals surface area (Å²) in [6.07, 6.45) is 5.42. The molecule has 0 radical (unpaired) electrons. The molecule has 1 amide bonds. The second-order valence-electron chi connectivity index (χ2n) is 5.30. The average molecular weight is 386 g/mol. The van der Waals surface area contributed by atoms with Crippen molar-refractivity contribution in [1.82, 2.24) is 19.5 Å². The normalized spacial score (nSPS) is 11.0. The fourth-order valence-electron chi connectivity index (χ4n) is 2.10. The molecule has 2 N–H and O–H groups in total. The zero-order chi connectivity index (χ0) is 19.3. The van der Waals surface area contributed by atoms with Crippen LogP contribution in [0.4, 0.5) is 11.6 Å². The number of aromatic nitrogens is 4. The average Bonchev–Trinajstić information content (AvgIpc) is 2.64. The molecule has 10 nitrogen and oxygen atoms in total. The van der Waals surface area contributed by atoms with E-state index in [9.17, 15) is 18.0 Å². The molecule has 0 saturated carbocycles. The first kappa shape index (κ1) is 18.2. The number of benzene rings is 1. The Labute approximate surface area is 154 Å². The Hall–Kier alpha value is -3.60. The maximum absolute atomic E-state index is 12.3. The largest absolute Gasteiger partial charge is 0.325 e. The van der Waals surface area contributed by atoms with Crippen molar-refractivity contribution in [2.24, 2.45) is 0 Å². The number of rotatable bonds is 6. The van der Waals surface area contributed by atoms with Crippen molar-refractivity contribution >= 4 is 27.6 Å². The van der Waals surface area contributed by atoms with Gasteiger partial charge in [-0.05, 0) is 30.3 Å². The monoisotopic (exact) mass is 386 g/mol. The van der Waals surface area contributed by atoms with Gasteiger partial charge in [-0.25, -0.2) is 28.1 Å². The molecule has 0 aliphatic heterocycles. The van der Waals surface area contributed by atoms with E-state index in [0.29, 0.717) is 5.69 Å². The Morgan fingerprint density at radius 3 is 2.41 bits per heavy atom. The Balaban J connectivity index is 1.67. The molecular formula is C16H14N6O4S. The Kier molecular flexibility index (Phi) is 5.22. The smallest absolute Gasteiger partial charge is 0.264 e. The van der Waals surface area contributed by atoms with Crippen molar-refractivity contribution < 1.29 is 13.2 Å². The van der Waals surface area contributed by atoms with E-state index in [0.717, 1.165) is 4.57 Å². The van der Waals surface area contributed by atoms with Gasteiger partial charge in [0.25, 0.3) is 15.6 Å². The third-order valence-electron chi connectivity index (χ3n) is 3.35. The first-order chi connectivity index (χ1) is 12.9. The number of hydrogen-bond acceptors (Lipinski definition) is 7. The van der Waals surface area contributed by atoms with Crippen LogP contribution in [-0.2, 0) is 21.4 Å². The highest BCUT2D eigenvalue weighted by molar-refractivity contribution is 7.92. The third-order valence-corrected chi connectivity index (χ3v) is 4.69. The van der Waals surface area contributed by atoms with E-state index in [-0.39, 0.29) is 22.9 Å². The second kappa shape index (κ2) is 7.74. The van der Waals surface area contributed by atoms with Gasteiger partial charge in [-0.2, -0.15) is 0 Å². The third kappa shape index (κ3) is 4.73. The molecule has 27 heavy (non-hydrogen) atoms. The van der Waals surface area contributed by atoms with Gasteiger partial charge in [0.2, 0.25) is 11.9 Å². The predicted molar refractivity (Wildman–Crippen MR) is 96.4 cm³/mol. The summed E-state index contributed by atoms with van der Waals surface area (Å²) in [6, 6.07) is 8.34. The van der Waals surface area contributed by atoms with Gasteiger partial charge < -0.3 is 5.32 Å². The standard InChI is InChI=1S/C16H14N6O4S/c23-14(10-22-11-17-9-6-15(22)24)20-12-2-4-13(5-3-12)27(25,26)21-16-18-7-1-8-19-16/h1-9,11H,10H2,(H,20,23)(H,18,19,21). The van der Waals surface area contributed by atoms with Crippen molar-refractivity contribution in [1.29, 1.82) is 0 Å². The molecule has 0 saturated heterocycles. The lowest BCUT2D eigenvalue weighted by atomic mass is 10.3. The number of amides is 1. The van der Waals surface area contributed by atoms with Gasteiger partial charge in [0.1, 0.15) is 6.54 Å². The minimum atomic E-state index is -3.85. The first-order valence-electron chi connectivity index (χ1n) is 7.64. The molecular weight excluding hydrogens is 372 g/mol. The van der Waals surface area contributed by atoms with Crippen LogP contribution in [0.2, 0.25) is 0 Å². The molecule has 1 aromatic carbocycles. The number of carbonyl (C=O) groups excluding carboxylic acids is 1. The fourth-order valence-corrected chi connectivity index (χ4v) is 3.06. The van der Waals surface area contributed by atoms with E-state index in [2.05, 4.69) is 25.0 Å². The molecule has 2 aromatic heterocycles. The quantitative estimate of drug-likeness (QED) is 0.628. The highest BCUT2D eigenvalue weighted by atomic mass is 32.2. The fraction of sp³-hybridized carbons (Fsp3) is 0.0625. The predicted octanol–water partition coefficient (Wildman–Crippen LogP) is 0.473. The minimum absolute atomic E-state index is 0.0172. The number of anilines is 2. The molecule has 11 heteroatoms. The van der Waals surface area contributed by atoms with E-state index >= 15 is 0 Å². The lowest BCUT2D eigenvalue weighted by Crippen LogP contribution is -2.27. The molecule has 2 heterocycles. The molecule has 0 aliphatic carbocycles. The van der Waals surface area contributed by atoms with Crippen LogP contribution < -0.4 is 15.6 Å². The van der Waals surface area contributed by atoms with Crippen molar-refractivity contribution in [2.45, 2.75) is 11.4 Å². The van der Waals surface area contributed by atoms with Gasteiger partial charge in [0.15, 0.2) is 0 Å². The van der Waals surface area contributed by atoms with Gasteiger partial charge in [0.05, 0.1) is 11.2 Å². The van der Waals surface area contributed by atoms with E-state index < -0.39 is 15.9 Å². The maximum atomic E-state index is 12.3. The zero-order valence-corrected chi connectivity index (χ0v) is 14.6. The number of hydrogen-bond donors (Lipinski definition) is 2. The van der Waals surface area contributed by atoms with Crippen LogP contribution in [0.3, 0.4) is 0 Å². The lowest BCUT2D eigenvalue weighted by Gasteiger charge is -2.09. The van der Waals surface area contributed by atoms with Gasteiger partial charge in [0, 0.05) is 30.3 Å². The molecule has 138 valence electrons. The Morgan fingerprint density at radius 2 is 1.74 bits per heavy atom. The number of nitrogens with zero attached hydrogens (tertiary/aromatic N) is 4. The summed E-state index contributed by atoms with van der Waals surface area (Å²) in [7, 11) is -3.85. The summed E-state index contributed by atoms with van der Waals surface area (Å²) in [6.45, 7) is -0.209. The number of sulfonamides is 1. The molecule has 3 rings (SSSR count). The summed E-state index contributed by atoms with van der Waals surface area (Å²) in [5, 5.41) is 2.58. The summed E-state index contributed by atoms with van der Waals surface area (Å²) in [5.74, 6) is -0.492. The van der Waals surface area contributed by atoms with E-state index in [1.54, 1.807) is 6.07 Å². The van der Waals surface area contributed by atoms with Crippen molar-refractivity contribution in [3.8, 4) is 0 Å². The van der Waals surface area contributed by atoms with Crippen LogP contribution in [0.25, 0.3) is 0 Å². The van der Waals surface area contributed by atoms with Gasteiger partial charge in [-0.1, -0.05) is 0 Å². The van der Waals surface area contributed by atoms with Gasteiger partial charge in [-0.3, -0.25) is 14.2 Å². The number of nitrogens with one attached hydrogen (secondary N) is 2. The molecule has 0 atom stereocenters. The highest BCUT2D eigenvalue weighted by Crippen LogP contribution is 2.16. The molecule has 0 aliphatic rings. The second-order valence-corrected chi connectivity index (χ2v) is 6.98. The van der Waals surface area contributed by atoms with E-state index in [1.165, 1.54) is 55.2 Å². The Morgan fingerprint density at radius 1 is 1.04 bits per heavy atom. The molecule has 0 unspecified atom stereocenters. The van der Waals surface area contributed by atoms with Crippen molar-refractivity contribution in [3.63, 3.8) is 0 Å². The summed E-state index contributed by atoms with van der Waals surface area (Å²) in [5.41, 5.74) is 0.0302. The summed E-state index contributed by atoms with van der Waals surface area (Å²) >= 11 is 0. The number of carbonyl (C=O) groups is 1. The zero-order valence-electron chi connectivity index (χ0n) is 13.8. The summed E-state index contributed by atoms with van der Waals surface area (Å²) in [4.78, 5) is 34.9. The summed E-state index contributed by atoms with van der Waals surface area (Å²) < 4.78 is 28.0. The molecule has 0 spiro atoms. The first-order valence-corrected chi connectivity index (χ1v) is 9.12. The minimum Gasteiger partial charge on any atom is -0.325 e. The van der Waals surface area contributed by atoms with Crippen LogP contribution in [0, 0.1) is 0 Å². The Bertz CT molecular complexity index is 1100. The van der Waals surface area contributed by atoms with Crippen LogP contribution in [0.1, 0.15) is 0 Å². The molecule has 0 bridgehead atoms. The van der Waals surface area contributed by atoms with Crippen LogP contribution in [-0.4, -0.2) is 33.8 Å². The van der Waals surface area contributed by atoms with Crippen LogP contribution >= 0.6 is 0 Å². The van der Waals surface area contributed by atoms with Crippen molar-refractivity contribution in [2.75, 3.05) is 10.0 Å². The highest BCUT2D eigenvalue weighted by Gasteiger charge is 2.15. The molecule has 0 fully saturated rings. The van der Waals surface area contributed by atoms with E-state index in [1.807, 2.05) is 0 Å². The van der Waals surface area contributed by atoms with E-state index in [4.69, 9.17) is 0 Å². The van der Waals surface area contributed by atoms with Crippen molar-refractivity contribution in [3.05, 3.63) is 71.7 Å². The van der Waals surface area contributed by atoms with Crippen LogP contribution in [0.15, 0.2) is 71.0 Å². The lowest BCUT2D eigenvalue weighted by molar-refractivity contribution is -0.116.